The predicted molar refractivity (Wildman–Crippen MR) is 59.2 cm³/mol. The number of aromatic nitrogens is 4. The molecule has 0 aliphatic carbocycles. The van der Waals surface area contributed by atoms with Crippen LogP contribution in [0.4, 0.5) is 5.95 Å². The van der Waals surface area contributed by atoms with Crippen molar-refractivity contribution in [3.63, 3.8) is 0 Å². The van der Waals surface area contributed by atoms with Gasteiger partial charge in [-0.3, -0.25) is 14.3 Å². The molecule has 3 N–H and O–H groups in total. The Morgan fingerprint density at radius 2 is 2.44 bits per heavy atom. The number of imidazole rings is 1. The summed E-state index contributed by atoms with van der Waals surface area (Å²) >= 11 is 5.47. The fraction of sp³-hybridized carbons (Fsp3) is 0.375. The van der Waals surface area contributed by atoms with Gasteiger partial charge < -0.3 is 10.5 Å². The molecule has 2 aromatic heterocycles. The number of alkyl halides is 1. The van der Waals surface area contributed by atoms with E-state index in [4.69, 9.17) is 22.1 Å². The maximum absolute atomic E-state index is 11.4. The zero-order valence-electron chi connectivity index (χ0n) is 8.31. The SMILES string of the molecule is Nc1nc2c(ncn2COCCCl)c(=O)[nH]1. The molecule has 0 amide bonds. The molecule has 0 radical (unpaired) electrons. The number of nitrogens with zero attached hydrogens (tertiary/aromatic N) is 3. The lowest BCUT2D eigenvalue weighted by Gasteiger charge is -2.03. The van der Waals surface area contributed by atoms with Gasteiger partial charge in [0.2, 0.25) is 5.95 Å². The third-order valence-corrected chi connectivity index (χ3v) is 2.10. The third kappa shape index (κ3) is 2.00. The molecule has 0 saturated heterocycles. The highest BCUT2D eigenvalue weighted by atomic mass is 35.5. The first-order chi connectivity index (χ1) is 7.72. The second-order valence-electron chi connectivity index (χ2n) is 3.06. The van der Waals surface area contributed by atoms with Crippen LogP contribution in [0.2, 0.25) is 0 Å². The highest BCUT2D eigenvalue weighted by Crippen LogP contribution is 2.06. The minimum atomic E-state index is -0.362. The quantitative estimate of drug-likeness (QED) is 0.578. The molecule has 0 aliphatic rings. The number of H-pyrrole nitrogens is 1. The summed E-state index contributed by atoms with van der Waals surface area (Å²) in [5.41, 5.74) is 5.71. The number of hydrogen-bond acceptors (Lipinski definition) is 5. The van der Waals surface area contributed by atoms with Gasteiger partial charge in [-0.05, 0) is 0 Å². The van der Waals surface area contributed by atoms with E-state index in [1.807, 2.05) is 0 Å². The van der Waals surface area contributed by atoms with Crippen molar-refractivity contribution in [2.24, 2.45) is 0 Å². The zero-order valence-corrected chi connectivity index (χ0v) is 9.07. The Balaban J connectivity index is 2.36. The molecule has 0 fully saturated rings. The number of ether oxygens (including phenoxy) is 1. The van der Waals surface area contributed by atoms with Crippen LogP contribution < -0.4 is 11.3 Å². The first-order valence-corrected chi connectivity index (χ1v) is 5.10. The average molecular weight is 244 g/mol. The molecule has 0 unspecified atom stereocenters. The maximum atomic E-state index is 11.4. The topological polar surface area (TPSA) is 98.8 Å². The standard InChI is InChI=1S/C8H10ClN5O2/c9-1-2-16-4-14-3-11-5-6(14)12-8(10)13-7(5)15/h3H,1-2,4H2,(H3,10,12,13,15). The summed E-state index contributed by atoms with van der Waals surface area (Å²) in [6.45, 7) is 0.652. The lowest BCUT2D eigenvalue weighted by Crippen LogP contribution is -2.12. The van der Waals surface area contributed by atoms with Crippen molar-refractivity contribution < 1.29 is 4.74 Å². The first kappa shape index (κ1) is 10.9. The maximum Gasteiger partial charge on any atom is 0.280 e. The van der Waals surface area contributed by atoms with E-state index in [0.29, 0.717) is 18.1 Å². The van der Waals surface area contributed by atoms with E-state index in [2.05, 4.69) is 15.0 Å². The number of nitrogens with two attached hydrogens (primary N) is 1. The van der Waals surface area contributed by atoms with Crippen LogP contribution in [0.3, 0.4) is 0 Å². The lowest BCUT2D eigenvalue weighted by atomic mass is 10.5. The van der Waals surface area contributed by atoms with Gasteiger partial charge in [0.1, 0.15) is 6.73 Å². The van der Waals surface area contributed by atoms with Crippen molar-refractivity contribution in [2.45, 2.75) is 6.73 Å². The van der Waals surface area contributed by atoms with E-state index < -0.39 is 0 Å². The van der Waals surface area contributed by atoms with Crippen molar-refractivity contribution >= 4 is 28.7 Å². The van der Waals surface area contributed by atoms with Gasteiger partial charge in [0.25, 0.3) is 5.56 Å². The molecule has 0 aromatic carbocycles. The van der Waals surface area contributed by atoms with Crippen LogP contribution >= 0.6 is 11.6 Å². The smallest absolute Gasteiger partial charge is 0.280 e. The van der Waals surface area contributed by atoms with Crippen LogP contribution in [-0.2, 0) is 11.5 Å². The number of anilines is 1. The van der Waals surface area contributed by atoms with Gasteiger partial charge in [0.05, 0.1) is 12.9 Å². The summed E-state index contributed by atoms with van der Waals surface area (Å²) in [5.74, 6) is 0.458. The molecule has 7 nitrogen and oxygen atoms in total. The van der Waals surface area contributed by atoms with Gasteiger partial charge >= 0.3 is 0 Å². The third-order valence-electron chi connectivity index (χ3n) is 1.94. The number of rotatable bonds is 4. The summed E-state index contributed by atoms with van der Waals surface area (Å²) in [6.07, 6.45) is 1.47. The number of aromatic amines is 1. The molecule has 0 saturated carbocycles. The van der Waals surface area contributed by atoms with Crippen LogP contribution in [0.1, 0.15) is 0 Å². The fourth-order valence-electron chi connectivity index (χ4n) is 1.28. The molecule has 0 atom stereocenters. The summed E-state index contributed by atoms with van der Waals surface area (Å²) in [5, 5.41) is 0. The highest BCUT2D eigenvalue weighted by Gasteiger charge is 2.08. The largest absolute Gasteiger partial charge is 0.369 e. The van der Waals surface area contributed by atoms with E-state index >= 15 is 0 Å². The molecule has 0 spiro atoms. The summed E-state index contributed by atoms with van der Waals surface area (Å²) < 4.78 is 6.80. The van der Waals surface area contributed by atoms with Crippen LogP contribution in [0, 0.1) is 0 Å². The van der Waals surface area contributed by atoms with Crippen molar-refractivity contribution in [2.75, 3.05) is 18.2 Å². The van der Waals surface area contributed by atoms with Gasteiger partial charge in [-0.25, -0.2) is 4.98 Å². The number of nitrogen functional groups attached to an aromatic ring is 1. The fourth-order valence-corrected chi connectivity index (χ4v) is 1.39. The van der Waals surface area contributed by atoms with Crippen LogP contribution in [-0.4, -0.2) is 32.0 Å². The molecule has 16 heavy (non-hydrogen) atoms. The van der Waals surface area contributed by atoms with Crippen molar-refractivity contribution in [3.8, 4) is 0 Å². The Morgan fingerprint density at radius 1 is 1.62 bits per heavy atom. The summed E-state index contributed by atoms with van der Waals surface area (Å²) in [4.78, 5) is 21.7. The normalized spacial score (nSPS) is 11.1. The van der Waals surface area contributed by atoms with E-state index in [-0.39, 0.29) is 23.8 Å². The van der Waals surface area contributed by atoms with Crippen LogP contribution in [0.5, 0.6) is 0 Å². The molecule has 0 bridgehead atoms. The van der Waals surface area contributed by atoms with E-state index in [9.17, 15) is 4.79 Å². The Hall–Kier alpha value is -1.60. The number of halogens is 1. The number of fused-ring (bicyclic) bond motifs is 1. The van der Waals surface area contributed by atoms with Crippen molar-refractivity contribution in [3.05, 3.63) is 16.7 Å². The monoisotopic (exact) mass is 243 g/mol. The van der Waals surface area contributed by atoms with Gasteiger partial charge in [0, 0.05) is 5.88 Å². The molecule has 8 heteroatoms. The predicted octanol–water partition coefficient (Wildman–Crippen LogP) is -0.0853. The Bertz CT molecular complexity index is 549. The molecule has 0 aliphatic heterocycles. The Kier molecular flexibility index (Phi) is 3.07. The Labute approximate surface area is 95.2 Å². The van der Waals surface area contributed by atoms with Gasteiger partial charge in [-0.2, -0.15) is 4.98 Å². The van der Waals surface area contributed by atoms with Crippen molar-refractivity contribution in [1.29, 1.82) is 0 Å². The second-order valence-corrected chi connectivity index (χ2v) is 3.44. The van der Waals surface area contributed by atoms with E-state index in [0.717, 1.165) is 0 Å². The van der Waals surface area contributed by atoms with E-state index in [1.54, 1.807) is 4.57 Å². The molecule has 2 heterocycles. The average Bonchev–Trinajstić information content (AvgIpc) is 2.62. The molecule has 2 aromatic rings. The minimum Gasteiger partial charge on any atom is -0.369 e. The molecule has 2 rings (SSSR count). The Morgan fingerprint density at radius 3 is 3.19 bits per heavy atom. The van der Waals surface area contributed by atoms with E-state index in [1.165, 1.54) is 6.33 Å². The first-order valence-electron chi connectivity index (χ1n) is 4.56. The van der Waals surface area contributed by atoms with Crippen LogP contribution in [0.15, 0.2) is 11.1 Å². The molecular weight excluding hydrogens is 234 g/mol. The van der Waals surface area contributed by atoms with Gasteiger partial charge in [-0.1, -0.05) is 0 Å². The van der Waals surface area contributed by atoms with Gasteiger partial charge in [-0.15, -0.1) is 11.6 Å². The lowest BCUT2D eigenvalue weighted by molar-refractivity contribution is 0.0916. The zero-order chi connectivity index (χ0) is 11.5. The number of hydrogen-bond donors (Lipinski definition) is 2. The second kappa shape index (κ2) is 4.50. The summed E-state index contributed by atoms with van der Waals surface area (Å²) in [7, 11) is 0. The summed E-state index contributed by atoms with van der Waals surface area (Å²) in [6, 6.07) is 0. The number of nitrogens with one attached hydrogen (secondary N) is 1. The van der Waals surface area contributed by atoms with Gasteiger partial charge in [0.15, 0.2) is 11.2 Å². The molecular formula is C8H10ClN5O2. The highest BCUT2D eigenvalue weighted by molar-refractivity contribution is 6.17. The molecule has 86 valence electrons. The minimum absolute atomic E-state index is 0.0524. The van der Waals surface area contributed by atoms with Crippen LogP contribution in [0.25, 0.3) is 11.2 Å². The van der Waals surface area contributed by atoms with Crippen molar-refractivity contribution in [1.82, 2.24) is 19.5 Å².